The van der Waals surface area contributed by atoms with Gasteiger partial charge in [-0.15, -0.1) is 0 Å². The molecule has 0 bridgehead atoms. The van der Waals surface area contributed by atoms with Crippen molar-refractivity contribution in [3.05, 3.63) is 48.5 Å². The molecular weight excluding hydrogens is 370 g/mol. The van der Waals surface area contributed by atoms with Gasteiger partial charge in [-0.1, -0.05) is 0 Å². The Balaban J connectivity index is 1.42. The van der Waals surface area contributed by atoms with Crippen molar-refractivity contribution in [2.24, 2.45) is 0 Å². The van der Waals surface area contributed by atoms with Gasteiger partial charge in [0.05, 0.1) is 12.6 Å². The van der Waals surface area contributed by atoms with Crippen LogP contribution < -0.4 is 20.3 Å². The maximum Gasteiger partial charge on any atom is 0.243 e. The summed E-state index contributed by atoms with van der Waals surface area (Å²) in [4.78, 5) is 25.1. The van der Waals surface area contributed by atoms with E-state index in [-0.39, 0.29) is 24.5 Å². The summed E-state index contributed by atoms with van der Waals surface area (Å²) in [5.41, 5.74) is 2.31. The average molecular weight is 397 g/mol. The van der Waals surface area contributed by atoms with E-state index in [0.29, 0.717) is 12.3 Å². The maximum absolute atomic E-state index is 12.2. The molecule has 0 saturated carbocycles. The molecule has 0 aliphatic carbocycles. The minimum atomic E-state index is -0.150. The summed E-state index contributed by atoms with van der Waals surface area (Å²) < 4.78 is 11.3. The van der Waals surface area contributed by atoms with Gasteiger partial charge >= 0.3 is 0 Å². The second-order valence-corrected chi connectivity index (χ2v) is 7.00. The van der Waals surface area contributed by atoms with Gasteiger partial charge < -0.3 is 25.0 Å². The number of amides is 2. The Morgan fingerprint density at radius 3 is 2.41 bits per heavy atom. The lowest BCUT2D eigenvalue weighted by Crippen LogP contribution is -2.23. The van der Waals surface area contributed by atoms with E-state index in [2.05, 4.69) is 10.6 Å². The minimum absolute atomic E-state index is 0.0339. The summed E-state index contributed by atoms with van der Waals surface area (Å²) in [6, 6.07) is 14.6. The van der Waals surface area contributed by atoms with E-state index < -0.39 is 0 Å². The van der Waals surface area contributed by atoms with Crippen LogP contribution in [0.5, 0.6) is 5.75 Å². The molecule has 29 heavy (non-hydrogen) atoms. The summed E-state index contributed by atoms with van der Waals surface area (Å²) in [5, 5.41) is 5.92. The van der Waals surface area contributed by atoms with E-state index in [0.717, 1.165) is 36.6 Å². The molecule has 2 N–H and O–H groups in total. The van der Waals surface area contributed by atoms with E-state index in [1.54, 1.807) is 11.9 Å². The van der Waals surface area contributed by atoms with Gasteiger partial charge in [-0.05, 0) is 61.4 Å². The lowest BCUT2D eigenvalue weighted by atomic mass is 10.2. The second kappa shape index (κ2) is 9.93. The summed E-state index contributed by atoms with van der Waals surface area (Å²) >= 11 is 0. The lowest BCUT2D eigenvalue weighted by molar-refractivity contribution is -0.116. The Labute approximate surface area is 171 Å². The summed E-state index contributed by atoms with van der Waals surface area (Å²) in [5.74, 6) is 0.573. The molecule has 1 aliphatic rings. The predicted molar refractivity (Wildman–Crippen MR) is 114 cm³/mol. The third kappa shape index (κ3) is 6.22. The normalized spacial score (nSPS) is 15.6. The standard InChI is InChI=1S/C22H27N3O4/c1-16(26)25(2)19-9-5-17(6-10-19)23-14-22(27)24-18-7-11-20(12-8-18)29-15-21-4-3-13-28-21/h5-12,21,23H,3-4,13-15H2,1-2H3,(H,24,27). The van der Waals surface area contributed by atoms with Crippen molar-refractivity contribution in [2.75, 3.05) is 42.3 Å². The van der Waals surface area contributed by atoms with Crippen LogP contribution in [0, 0.1) is 0 Å². The highest BCUT2D eigenvalue weighted by molar-refractivity contribution is 5.94. The molecular formula is C22H27N3O4. The first-order valence-corrected chi connectivity index (χ1v) is 9.74. The number of nitrogens with one attached hydrogen (secondary N) is 2. The molecule has 0 aromatic heterocycles. The van der Waals surface area contributed by atoms with Crippen molar-refractivity contribution in [2.45, 2.75) is 25.9 Å². The van der Waals surface area contributed by atoms with Crippen molar-refractivity contribution < 1.29 is 19.1 Å². The third-order valence-electron chi connectivity index (χ3n) is 4.78. The van der Waals surface area contributed by atoms with Crippen LogP contribution in [-0.4, -0.2) is 44.7 Å². The first-order chi connectivity index (χ1) is 14.0. The zero-order chi connectivity index (χ0) is 20.6. The van der Waals surface area contributed by atoms with Gasteiger partial charge in [0.2, 0.25) is 11.8 Å². The molecule has 1 fully saturated rings. The summed E-state index contributed by atoms with van der Waals surface area (Å²) in [7, 11) is 1.72. The van der Waals surface area contributed by atoms with Crippen LogP contribution in [-0.2, 0) is 14.3 Å². The Kier molecular flexibility index (Phi) is 7.08. The SMILES string of the molecule is CC(=O)N(C)c1ccc(NCC(=O)Nc2ccc(OCC3CCCO3)cc2)cc1. The van der Waals surface area contributed by atoms with Crippen LogP contribution in [0.3, 0.4) is 0 Å². The van der Waals surface area contributed by atoms with E-state index in [9.17, 15) is 9.59 Å². The quantitative estimate of drug-likeness (QED) is 0.715. The molecule has 2 amide bonds. The van der Waals surface area contributed by atoms with Crippen LogP contribution in [0.25, 0.3) is 0 Å². The van der Waals surface area contributed by atoms with Crippen molar-refractivity contribution in [1.29, 1.82) is 0 Å². The minimum Gasteiger partial charge on any atom is -0.491 e. The fourth-order valence-electron chi connectivity index (χ4n) is 2.97. The monoisotopic (exact) mass is 397 g/mol. The zero-order valence-electron chi connectivity index (χ0n) is 16.8. The number of nitrogens with zero attached hydrogens (tertiary/aromatic N) is 1. The van der Waals surface area contributed by atoms with Crippen molar-refractivity contribution in [1.82, 2.24) is 0 Å². The van der Waals surface area contributed by atoms with Gasteiger partial charge in [-0.25, -0.2) is 0 Å². The number of carbonyl (C=O) groups is 2. The zero-order valence-corrected chi connectivity index (χ0v) is 16.8. The van der Waals surface area contributed by atoms with Crippen LogP contribution in [0.2, 0.25) is 0 Å². The maximum atomic E-state index is 12.2. The molecule has 0 radical (unpaired) electrons. The van der Waals surface area contributed by atoms with Crippen molar-refractivity contribution in [3.8, 4) is 5.75 Å². The summed E-state index contributed by atoms with van der Waals surface area (Å²) in [6.45, 7) is 3.02. The largest absolute Gasteiger partial charge is 0.491 e. The smallest absolute Gasteiger partial charge is 0.243 e. The molecule has 1 heterocycles. The predicted octanol–water partition coefficient (Wildman–Crippen LogP) is 3.28. The number of hydrogen-bond acceptors (Lipinski definition) is 5. The molecule has 3 rings (SSSR count). The highest BCUT2D eigenvalue weighted by Crippen LogP contribution is 2.19. The van der Waals surface area contributed by atoms with Gasteiger partial charge in [-0.3, -0.25) is 9.59 Å². The Morgan fingerprint density at radius 1 is 1.10 bits per heavy atom. The highest BCUT2D eigenvalue weighted by Gasteiger charge is 2.15. The molecule has 154 valence electrons. The molecule has 1 atom stereocenters. The molecule has 0 spiro atoms. The highest BCUT2D eigenvalue weighted by atomic mass is 16.5. The number of ether oxygens (including phenoxy) is 2. The topological polar surface area (TPSA) is 79.9 Å². The first-order valence-electron chi connectivity index (χ1n) is 9.74. The second-order valence-electron chi connectivity index (χ2n) is 7.00. The number of hydrogen-bond donors (Lipinski definition) is 2. The van der Waals surface area contributed by atoms with Crippen molar-refractivity contribution >= 4 is 28.9 Å². The van der Waals surface area contributed by atoms with Crippen molar-refractivity contribution in [3.63, 3.8) is 0 Å². The van der Waals surface area contributed by atoms with E-state index >= 15 is 0 Å². The van der Waals surface area contributed by atoms with Gasteiger partial charge in [0, 0.05) is 37.6 Å². The molecule has 1 saturated heterocycles. The number of carbonyl (C=O) groups excluding carboxylic acids is 2. The van der Waals surface area contributed by atoms with Crippen LogP contribution >= 0.6 is 0 Å². The number of rotatable bonds is 8. The molecule has 1 unspecified atom stereocenters. The lowest BCUT2D eigenvalue weighted by Gasteiger charge is -2.15. The Bertz CT molecular complexity index is 815. The average Bonchev–Trinajstić information content (AvgIpc) is 3.25. The number of benzene rings is 2. The van der Waals surface area contributed by atoms with Crippen LogP contribution in [0.15, 0.2) is 48.5 Å². The summed E-state index contributed by atoms with van der Waals surface area (Å²) in [6.07, 6.45) is 2.31. The molecule has 1 aliphatic heterocycles. The Hall–Kier alpha value is -3.06. The van der Waals surface area contributed by atoms with Crippen LogP contribution in [0.1, 0.15) is 19.8 Å². The van der Waals surface area contributed by atoms with Crippen LogP contribution in [0.4, 0.5) is 17.1 Å². The van der Waals surface area contributed by atoms with E-state index in [1.807, 2.05) is 48.5 Å². The fourth-order valence-corrected chi connectivity index (χ4v) is 2.97. The number of anilines is 3. The van der Waals surface area contributed by atoms with Gasteiger partial charge in [0.25, 0.3) is 0 Å². The van der Waals surface area contributed by atoms with Gasteiger partial charge in [0.1, 0.15) is 12.4 Å². The van der Waals surface area contributed by atoms with Gasteiger partial charge in [0.15, 0.2) is 0 Å². The fraction of sp³-hybridized carbons (Fsp3) is 0.364. The Morgan fingerprint density at radius 2 is 1.79 bits per heavy atom. The molecule has 2 aromatic rings. The van der Waals surface area contributed by atoms with E-state index in [1.165, 1.54) is 6.92 Å². The molecule has 7 heteroatoms. The third-order valence-corrected chi connectivity index (χ3v) is 4.78. The van der Waals surface area contributed by atoms with Gasteiger partial charge in [-0.2, -0.15) is 0 Å². The first kappa shape index (κ1) is 20.7. The molecule has 2 aromatic carbocycles. The van der Waals surface area contributed by atoms with E-state index in [4.69, 9.17) is 9.47 Å². The molecule has 7 nitrogen and oxygen atoms in total.